The molecule has 0 bridgehead atoms. The van der Waals surface area contributed by atoms with Gasteiger partial charge < -0.3 is 4.57 Å². The van der Waals surface area contributed by atoms with Gasteiger partial charge in [0.1, 0.15) is 5.69 Å². The van der Waals surface area contributed by atoms with Gasteiger partial charge in [0, 0.05) is 19.3 Å². The number of aryl methyl sites for hydroxylation is 1. The van der Waals surface area contributed by atoms with Crippen LogP contribution in [0, 0.1) is 0 Å². The van der Waals surface area contributed by atoms with Gasteiger partial charge in [-0.2, -0.15) is 0 Å². The predicted molar refractivity (Wildman–Crippen MR) is 61.7 cm³/mol. The highest BCUT2D eigenvalue weighted by Crippen LogP contribution is 2.11. The van der Waals surface area contributed by atoms with Crippen molar-refractivity contribution in [2.24, 2.45) is 7.05 Å². The Morgan fingerprint density at radius 1 is 1.29 bits per heavy atom. The maximum absolute atomic E-state index is 11.6. The molecule has 2 aromatic heterocycles. The Balaban J connectivity index is 2.56. The third-order valence-corrected chi connectivity index (χ3v) is 2.42. The van der Waals surface area contributed by atoms with Crippen LogP contribution in [0.1, 0.15) is 19.9 Å². The number of aromatic amines is 1. The second-order valence-electron chi connectivity index (χ2n) is 4.09. The molecule has 2 aromatic rings. The van der Waals surface area contributed by atoms with Crippen molar-refractivity contribution in [1.82, 2.24) is 24.5 Å². The van der Waals surface area contributed by atoms with Gasteiger partial charge in [-0.15, -0.1) is 5.10 Å². The minimum absolute atomic E-state index is 0.169. The van der Waals surface area contributed by atoms with E-state index in [1.807, 2.05) is 13.8 Å². The van der Waals surface area contributed by atoms with E-state index >= 15 is 0 Å². The lowest BCUT2D eigenvalue weighted by Gasteiger charge is -2.01. The molecule has 2 rings (SSSR count). The molecule has 0 amide bonds. The summed E-state index contributed by atoms with van der Waals surface area (Å²) in [6.45, 7) is 3.92. The fraction of sp³-hybridized carbons (Fsp3) is 0.400. The van der Waals surface area contributed by atoms with E-state index in [0.717, 1.165) is 0 Å². The average molecular weight is 235 g/mol. The van der Waals surface area contributed by atoms with Crippen molar-refractivity contribution in [3.8, 4) is 11.3 Å². The number of nitrogens with one attached hydrogen (secondary N) is 1. The number of aromatic nitrogens is 5. The number of hydrogen-bond donors (Lipinski definition) is 1. The topological polar surface area (TPSA) is 85.6 Å². The lowest BCUT2D eigenvalue weighted by Crippen LogP contribution is -2.28. The van der Waals surface area contributed by atoms with Gasteiger partial charge in [0.2, 0.25) is 0 Å². The van der Waals surface area contributed by atoms with Crippen molar-refractivity contribution < 1.29 is 0 Å². The zero-order valence-electron chi connectivity index (χ0n) is 9.84. The summed E-state index contributed by atoms with van der Waals surface area (Å²) in [5.41, 5.74) is -0.117. The van der Waals surface area contributed by atoms with Gasteiger partial charge in [0.25, 0.3) is 5.56 Å². The van der Waals surface area contributed by atoms with E-state index in [0.29, 0.717) is 11.3 Å². The van der Waals surface area contributed by atoms with Crippen molar-refractivity contribution in [3.05, 3.63) is 33.2 Å². The smallest absolute Gasteiger partial charge is 0.303 e. The van der Waals surface area contributed by atoms with Gasteiger partial charge in [-0.25, -0.2) is 9.48 Å². The molecule has 0 saturated heterocycles. The molecule has 0 atom stereocenters. The van der Waals surface area contributed by atoms with Crippen LogP contribution in [0.25, 0.3) is 11.3 Å². The number of rotatable bonds is 2. The standard InChI is InChI=1S/C10H13N5O2/c1-6(2)15-5-8(12-13-15)7-4-14(3)10(17)11-9(7)16/h4-6H,1-3H3,(H,11,16,17). The van der Waals surface area contributed by atoms with Crippen molar-refractivity contribution in [1.29, 1.82) is 0 Å². The molecule has 0 aliphatic rings. The zero-order valence-corrected chi connectivity index (χ0v) is 9.84. The van der Waals surface area contributed by atoms with Gasteiger partial charge in [-0.1, -0.05) is 5.21 Å². The lowest BCUT2D eigenvalue weighted by atomic mass is 10.2. The molecule has 1 N–H and O–H groups in total. The molecular formula is C10H13N5O2. The van der Waals surface area contributed by atoms with Gasteiger partial charge in [0.15, 0.2) is 0 Å². The van der Waals surface area contributed by atoms with Gasteiger partial charge in [-0.3, -0.25) is 9.78 Å². The first-order valence-corrected chi connectivity index (χ1v) is 5.21. The van der Waals surface area contributed by atoms with E-state index in [4.69, 9.17) is 0 Å². The number of hydrogen-bond acceptors (Lipinski definition) is 4. The van der Waals surface area contributed by atoms with Crippen LogP contribution in [0.4, 0.5) is 0 Å². The minimum Gasteiger partial charge on any atom is -0.303 e. The van der Waals surface area contributed by atoms with Crippen molar-refractivity contribution in [2.75, 3.05) is 0 Å². The van der Waals surface area contributed by atoms with Crippen LogP contribution in [-0.4, -0.2) is 24.5 Å². The molecule has 7 heteroatoms. The largest absolute Gasteiger partial charge is 0.328 e. The second-order valence-corrected chi connectivity index (χ2v) is 4.09. The van der Waals surface area contributed by atoms with Gasteiger partial charge >= 0.3 is 5.69 Å². The fourth-order valence-electron chi connectivity index (χ4n) is 1.40. The number of nitrogens with zero attached hydrogens (tertiary/aromatic N) is 4. The first-order valence-electron chi connectivity index (χ1n) is 5.21. The van der Waals surface area contributed by atoms with Crippen molar-refractivity contribution in [3.63, 3.8) is 0 Å². The summed E-state index contributed by atoms with van der Waals surface area (Å²) in [6, 6.07) is 0.169. The van der Waals surface area contributed by atoms with E-state index in [1.165, 1.54) is 10.8 Å². The Morgan fingerprint density at radius 3 is 2.59 bits per heavy atom. The van der Waals surface area contributed by atoms with E-state index in [-0.39, 0.29) is 6.04 Å². The normalized spacial score (nSPS) is 11.1. The first kappa shape index (κ1) is 11.3. The van der Waals surface area contributed by atoms with Crippen LogP contribution in [0.3, 0.4) is 0 Å². The SMILES string of the molecule is CC(C)n1cc(-c2cn(C)c(=O)[nH]c2=O)nn1. The molecule has 0 aliphatic carbocycles. The Labute approximate surface area is 96.7 Å². The van der Waals surface area contributed by atoms with Crippen molar-refractivity contribution in [2.45, 2.75) is 19.9 Å². The van der Waals surface area contributed by atoms with Crippen LogP contribution in [0.2, 0.25) is 0 Å². The van der Waals surface area contributed by atoms with Crippen LogP contribution < -0.4 is 11.2 Å². The first-order chi connectivity index (χ1) is 7.99. The summed E-state index contributed by atoms with van der Waals surface area (Å²) in [6.07, 6.45) is 3.13. The zero-order chi connectivity index (χ0) is 12.6. The fourth-order valence-corrected chi connectivity index (χ4v) is 1.40. The number of H-pyrrole nitrogens is 1. The molecule has 0 radical (unpaired) electrons. The molecule has 0 fully saturated rings. The lowest BCUT2D eigenvalue weighted by molar-refractivity contribution is 0.514. The minimum atomic E-state index is -0.455. The monoisotopic (exact) mass is 235 g/mol. The molecule has 0 aliphatic heterocycles. The molecule has 0 spiro atoms. The molecule has 0 saturated carbocycles. The summed E-state index contributed by atoms with van der Waals surface area (Å²) in [7, 11) is 1.56. The summed E-state index contributed by atoms with van der Waals surface area (Å²) in [4.78, 5) is 25.0. The Bertz CT molecular complexity index is 649. The third-order valence-electron chi connectivity index (χ3n) is 2.42. The van der Waals surface area contributed by atoms with Crippen LogP contribution >= 0.6 is 0 Å². The van der Waals surface area contributed by atoms with Gasteiger partial charge in [0.05, 0.1) is 11.8 Å². The van der Waals surface area contributed by atoms with Crippen molar-refractivity contribution >= 4 is 0 Å². The molecule has 2 heterocycles. The predicted octanol–water partition coefficient (Wildman–Crippen LogP) is -0.0870. The van der Waals surface area contributed by atoms with Crippen LogP contribution in [-0.2, 0) is 7.05 Å². The second kappa shape index (κ2) is 4.00. The Hall–Kier alpha value is -2.18. The van der Waals surface area contributed by atoms with Crippen LogP contribution in [0.15, 0.2) is 22.0 Å². The summed E-state index contributed by atoms with van der Waals surface area (Å²) in [5, 5.41) is 7.83. The van der Waals surface area contributed by atoms with E-state index in [2.05, 4.69) is 15.3 Å². The highest BCUT2D eigenvalue weighted by atomic mass is 16.2. The summed E-state index contributed by atoms with van der Waals surface area (Å²) in [5.74, 6) is 0. The Kier molecular flexibility index (Phi) is 2.66. The molecule has 7 nitrogen and oxygen atoms in total. The molecule has 90 valence electrons. The third kappa shape index (κ3) is 2.03. The molecular weight excluding hydrogens is 222 g/mol. The summed E-state index contributed by atoms with van der Waals surface area (Å²) >= 11 is 0. The van der Waals surface area contributed by atoms with E-state index < -0.39 is 11.2 Å². The highest BCUT2D eigenvalue weighted by molar-refractivity contribution is 5.54. The maximum atomic E-state index is 11.6. The molecule has 17 heavy (non-hydrogen) atoms. The average Bonchev–Trinajstić information content (AvgIpc) is 2.72. The van der Waals surface area contributed by atoms with Crippen LogP contribution in [0.5, 0.6) is 0 Å². The Morgan fingerprint density at radius 2 is 2.00 bits per heavy atom. The molecule has 0 unspecified atom stereocenters. The highest BCUT2D eigenvalue weighted by Gasteiger charge is 2.10. The maximum Gasteiger partial charge on any atom is 0.328 e. The van der Waals surface area contributed by atoms with E-state index in [9.17, 15) is 9.59 Å². The van der Waals surface area contributed by atoms with Gasteiger partial charge in [-0.05, 0) is 13.8 Å². The quantitative estimate of drug-likeness (QED) is 0.788. The molecule has 0 aromatic carbocycles. The summed E-state index contributed by atoms with van der Waals surface area (Å²) < 4.78 is 2.95. The van der Waals surface area contributed by atoms with E-state index in [1.54, 1.807) is 17.9 Å².